The number of aromatic amines is 1. The van der Waals surface area contributed by atoms with E-state index in [-0.39, 0.29) is 23.7 Å². The normalized spacial score (nSPS) is 19.6. The van der Waals surface area contributed by atoms with Crippen LogP contribution in [-0.4, -0.2) is 34.1 Å². The van der Waals surface area contributed by atoms with Gasteiger partial charge in [-0.1, -0.05) is 18.2 Å². The molecule has 1 aromatic carbocycles. The maximum Gasteiger partial charge on any atom is 0.419 e. The van der Waals surface area contributed by atoms with Gasteiger partial charge in [0.25, 0.3) is 0 Å². The van der Waals surface area contributed by atoms with Gasteiger partial charge in [0, 0.05) is 48.0 Å². The number of benzene rings is 1. The molecule has 27 heavy (non-hydrogen) atoms. The number of fused-ring (bicyclic) bond motifs is 1. The van der Waals surface area contributed by atoms with E-state index in [2.05, 4.69) is 25.6 Å². The lowest BCUT2D eigenvalue weighted by Gasteiger charge is -2.54. The first-order chi connectivity index (χ1) is 13.3. The van der Waals surface area contributed by atoms with E-state index in [1.807, 2.05) is 0 Å². The first kappa shape index (κ1) is 15.4. The van der Waals surface area contributed by atoms with Crippen molar-refractivity contribution in [3.8, 4) is 11.3 Å². The van der Waals surface area contributed by atoms with E-state index in [1.165, 1.54) is 6.20 Å². The maximum absolute atomic E-state index is 13.6. The summed E-state index contributed by atoms with van der Waals surface area (Å²) >= 11 is 0. The molecule has 5 nitrogen and oxygen atoms in total. The van der Waals surface area contributed by atoms with Crippen LogP contribution in [0, 0.1) is 5.41 Å². The fourth-order valence-corrected chi connectivity index (χ4v) is 4.10. The van der Waals surface area contributed by atoms with Crippen LogP contribution in [0.5, 0.6) is 0 Å². The van der Waals surface area contributed by atoms with Gasteiger partial charge in [0.1, 0.15) is 5.56 Å². The number of aromatic nitrogens is 3. The van der Waals surface area contributed by atoms with Gasteiger partial charge < -0.3 is 15.6 Å². The number of para-hydroxylation sites is 1. The van der Waals surface area contributed by atoms with E-state index in [9.17, 15) is 13.2 Å². The predicted octanol–water partition coefficient (Wildman–Crippen LogP) is 3.81. The van der Waals surface area contributed by atoms with E-state index in [4.69, 9.17) is 1.37 Å². The van der Waals surface area contributed by atoms with Crippen molar-refractivity contribution in [3.05, 3.63) is 42.2 Å². The first-order valence-corrected chi connectivity index (χ1v) is 8.83. The number of alkyl halides is 3. The Morgan fingerprint density at radius 3 is 2.78 bits per heavy atom. The zero-order chi connectivity index (χ0) is 19.5. The molecule has 0 atom stereocenters. The minimum Gasteiger partial charge on any atom is -0.360 e. The Morgan fingerprint density at radius 1 is 1.26 bits per heavy atom. The van der Waals surface area contributed by atoms with Crippen LogP contribution in [0.15, 0.2) is 36.6 Å². The smallest absolute Gasteiger partial charge is 0.360 e. The van der Waals surface area contributed by atoms with Crippen molar-refractivity contribution >= 4 is 16.9 Å². The van der Waals surface area contributed by atoms with Crippen molar-refractivity contribution in [2.75, 3.05) is 18.4 Å². The van der Waals surface area contributed by atoms with E-state index in [1.54, 1.807) is 18.2 Å². The highest BCUT2D eigenvalue weighted by Gasteiger charge is 2.48. The number of rotatable bonds is 3. The second-order valence-corrected chi connectivity index (χ2v) is 7.47. The molecular weight excluding hydrogens is 355 g/mol. The van der Waals surface area contributed by atoms with Crippen LogP contribution >= 0.6 is 0 Å². The van der Waals surface area contributed by atoms with Gasteiger partial charge in [0.15, 0.2) is 0 Å². The fraction of sp³-hybridized carbons (Fsp3) is 0.368. The van der Waals surface area contributed by atoms with Crippen LogP contribution in [0.4, 0.5) is 19.1 Å². The molecule has 3 heterocycles. The third-order valence-corrected chi connectivity index (χ3v) is 5.55. The molecule has 8 heteroatoms. The molecule has 0 unspecified atom stereocenters. The summed E-state index contributed by atoms with van der Waals surface area (Å²) in [6, 6.07) is 5.32. The standard InChI is InChI=1S/C19H18F3N5/c20-19(21,22)14-8-25-17(26-11-5-18(6-11)9-23-10-18)27-16(14)13-7-24-15-4-2-1-3-12(13)15/h1-4,7-8,11,23-24H,5-6,9-10H2,(H,25,26,27)/i4D. The molecule has 1 spiro atoms. The molecule has 140 valence electrons. The summed E-state index contributed by atoms with van der Waals surface area (Å²) in [7, 11) is 0. The largest absolute Gasteiger partial charge is 0.419 e. The SMILES string of the molecule is [2H]c1cccc2c(-c3nc(NC4CC5(CNC5)C4)ncc3C(F)(F)F)c[nH]c12. The van der Waals surface area contributed by atoms with E-state index in [0.29, 0.717) is 21.9 Å². The highest BCUT2D eigenvalue weighted by atomic mass is 19.4. The van der Waals surface area contributed by atoms with E-state index >= 15 is 0 Å². The number of hydrogen-bond acceptors (Lipinski definition) is 4. The molecular formula is C19H18F3N5. The summed E-state index contributed by atoms with van der Waals surface area (Å²) in [5.41, 5.74) is 0.0736. The van der Waals surface area contributed by atoms with Gasteiger partial charge in [-0.05, 0) is 24.3 Å². The minimum atomic E-state index is -4.58. The monoisotopic (exact) mass is 374 g/mol. The molecule has 0 radical (unpaired) electrons. The number of hydrogen-bond donors (Lipinski definition) is 3. The second kappa shape index (κ2) is 5.69. The van der Waals surface area contributed by atoms with Crippen LogP contribution in [-0.2, 0) is 6.18 Å². The van der Waals surface area contributed by atoms with Gasteiger partial charge in [-0.3, -0.25) is 0 Å². The quantitative estimate of drug-likeness (QED) is 0.652. The molecule has 1 aliphatic carbocycles. The topological polar surface area (TPSA) is 65.6 Å². The first-order valence-electron chi connectivity index (χ1n) is 9.33. The molecule has 2 aliphatic rings. The summed E-state index contributed by atoms with van der Waals surface area (Å²) in [6.45, 7) is 1.99. The molecule has 0 bridgehead atoms. The molecule has 0 amide bonds. The lowest BCUT2D eigenvalue weighted by Crippen LogP contribution is -2.63. The summed E-state index contributed by atoms with van der Waals surface area (Å²) in [6.07, 6.45) is -0.325. The van der Waals surface area contributed by atoms with E-state index < -0.39 is 11.7 Å². The van der Waals surface area contributed by atoms with Crippen LogP contribution < -0.4 is 10.6 Å². The molecule has 1 saturated heterocycles. The number of halogens is 3. The predicted molar refractivity (Wildman–Crippen MR) is 96.3 cm³/mol. The summed E-state index contributed by atoms with van der Waals surface area (Å²) in [5.74, 6) is 0.200. The second-order valence-electron chi connectivity index (χ2n) is 7.47. The van der Waals surface area contributed by atoms with Crippen molar-refractivity contribution in [2.24, 2.45) is 5.41 Å². The van der Waals surface area contributed by atoms with Crippen molar-refractivity contribution in [3.63, 3.8) is 0 Å². The molecule has 3 aromatic rings. The highest BCUT2D eigenvalue weighted by Crippen LogP contribution is 2.45. The highest BCUT2D eigenvalue weighted by molar-refractivity contribution is 5.95. The van der Waals surface area contributed by atoms with Gasteiger partial charge in [-0.2, -0.15) is 13.2 Å². The van der Waals surface area contributed by atoms with Gasteiger partial charge in [-0.15, -0.1) is 0 Å². The Morgan fingerprint density at radius 2 is 2.07 bits per heavy atom. The van der Waals surface area contributed by atoms with Crippen molar-refractivity contribution in [1.82, 2.24) is 20.3 Å². The average molecular weight is 374 g/mol. The summed E-state index contributed by atoms with van der Waals surface area (Å²) < 4.78 is 48.7. The third kappa shape index (κ3) is 2.75. The van der Waals surface area contributed by atoms with Crippen molar-refractivity contribution in [1.29, 1.82) is 0 Å². The molecule has 1 aliphatic heterocycles. The lowest BCUT2D eigenvalue weighted by molar-refractivity contribution is -0.137. The Labute approximate surface area is 154 Å². The fourth-order valence-electron chi connectivity index (χ4n) is 4.10. The van der Waals surface area contributed by atoms with Crippen molar-refractivity contribution < 1.29 is 14.5 Å². The Balaban J connectivity index is 1.53. The van der Waals surface area contributed by atoms with Crippen LogP contribution in [0.1, 0.15) is 19.8 Å². The summed E-state index contributed by atoms with van der Waals surface area (Å²) in [5, 5.41) is 6.97. The summed E-state index contributed by atoms with van der Waals surface area (Å²) in [4.78, 5) is 11.1. The average Bonchev–Trinajstić information content (AvgIpc) is 3.00. The molecule has 3 N–H and O–H groups in total. The van der Waals surface area contributed by atoms with Gasteiger partial charge in [-0.25, -0.2) is 9.97 Å². The molecule has 2 fully saturated rings. The Hall–Kier alpha value is -2.61. The van der Waals surface area contributed by atoms with Crippen LogP contribution in [0.25, 0.3) is 22.2 Å². The van der Waals surface area contributed by atoms with Gasteiger partial charge in [0.05, 0.1) is 7.06 Å². The molecule has 1 saturated carbocycles. The number of anilines is 1. The number of H-pyrrole nitrogens is 1. The molecule has 2 aromatic heterocycles. The van der Waals surface area contributed by atoms with Crippen LogP contribution in [0.2, 0.25) is 0 Å². The zero-order valence-electron chi connectivity index (χ0n) is 15.3. The number of nitrogens with zero attached hydrogens (tertiary/aromatic N) is 2. The zero-order valence-corrected chi connectivity index (χ0v) is 14.3. The van der Waals surface area contributed by atoms with Crippen molar-refractivity contribution in [2.45, 2.75) is 25.1 Å². The van der Waals surface area contributed by atoms with Crippen LogP contribution in [0.3, 0.4) is 0 Å². The van der Waals surface area contributed by atoms with Gasteiger partial charge in [0.2, 0.25) is 5.95 Å². The van der Waals surface area contributed by atoms with E-state index in [0.717, 1.165) is 32.1 Å². The lowest BCUT2D eigenvalue weighted by atomic mass is 9.62. The third-order valence-electron chi connectivity index (χ3n) is 5.55. The maximum atomic E-state index is 13.6. The van der Waals surface area contributed by atoms with Gasteiger partial charge >= 0.3 is 6.18 Å². The minimum absolute atomic E-state index is 0.175. The Kier molecular flexibility index (Phi) is 3.26. The Bertz CT molecular complexity index is 1050. The molecule has 5 rings (SSSR count). The number of nitrogens with one attached hydrogen (secondary N) is 3.